The number of ether oxygens (including phenoxy) is 1. The van der Waals surface area contributed by atoms with Gasteiger partial charge in [-0.2, -0.15) is 5.26 Å². The van der Waals surface area contributed by atoms with E-state index in [0.717, 1.165) is 0 Å². The van der Waals surface area contributed by atoms with E-state index in [0.29, 0.717) is 16.9 Å². The van der Waals surface area contributed by atoms with Gasteiger partial charge < -0.3 is 19.9 Å². The first kappa shape index (κ1) is 13.9. The Morgan fingerprint density at radius 1 is 1.10 bits per heavy atom. The number of benzene rings is 2. The van der Waals surface area contributed by atoms with Crippen LogP contribution in [-0.4, -0.2) is 22.3 Å². The van der Waals surface area contributed by atoms with Crippen LogP contribution in [0.2, 0.25) is 0 Å². The SMILES string of the molecule is N#Cc1ccc(OCc2cc(O)ccc2B(O)O)cc1. The molecule has 0 atom stereocenters. The van der Waals surface area contributed by atoms with Gasteiger partial charge in [-0.3, -0.25) is 0 Å². The summed E-state index contributed by atoms with van der Waals surface area (Å²) >= 11 is 0. The minimum absolute atomic E-state index is 0.0211. The van der Waals surface area contributed by atoms with Crippen molar-refractivity contribution in [2.45, 2.75) is 6.61 Å². The second-order valence-electron chi connectivity index (χ2n) is 4.18. The molecule has 0 heterocycles. The lowest BCUT2D eigenvalue weighted by Crippen LogP contribution is -2.33. The molecule has 2 aromatic rings. The van der Waals surface area contributed by atoms with Gasteiger partial charge in [0.25, 0.3) is 0 Å². The molecule has 2 rings (SSSR count). The van der Waals surface area contributed by atoms with Crippen LogP contribution >= 0.6 is 0 Å². The number of phenols is 1. The van der Waals surface area contributed by atoms with E-state index in [4.69, 9.17) is 10.00 Å². The maximum atomic E-state index is 9.43. The van der Waals surface area contributed by atoms with Crippen LogP contribution in [0.1, 0.15) is 11.1 Å². The van der Waals surface area contributed by atoms with Gasteiger partial charge in [-0.25, -0.2) is 0 Å². The first-order chi connectivity index (χ1) is 9.60. The van der Waals surface area contributed by atoms with Crippen LogP contribution in [0.5, 0.6) is 11.5 Å². The van der Waals surface area contributed by atoms with Gasteiger partial charge in [-0.1, -0.05) is 6.07 Å². The molecule has 0 amide bonds. The Labute approximate surface area is 116 Å². The standard InChI is InChI=1S/C14H12BNO4/c16-8-10-1-4-13(5-2-10)20-9-11-7-12(17)3-6-14(11)15(18)19/h1-7,17-19H,9H2. The zero-order chi connectivity index (χ0) is 14.5. The average molecular weight is 269 g/mol. The van der Waals surface area contributed by atoms with Crippen molar-refractivity contribution in [2.24, 2.45) is 0 Å². The third kappa shape index (κ3) is 3.29. The molecule has 0 radical (unpaired) electrons. The Morgan fingerprint density at radius 3 is 2.40 bits per heavy atom. The third-order valence-electron chi connectivity index (χ3n) is 2.78. The molecule has 20 heavy (non-hydrogen) atoms. The van der Waals surface area contributed by atoms with Crippen LogP contribution in [0.4, 0.5) is 0 Å². The van der Waals surface area contributed by atoms with Crippen molar-refractivity contribution in [1.82, 2.24) is 0 Å². The Morgan fingerprint density at radius 2 is 1.80 bits per heavy atom. The fourth-order valence-corrected chi connectivity index (χ4v) is 1.76. The predicted molar refractivity (Wildman–Crippen MR) is 73.4 cm³/mol. The highest BCUT2D eigenvalue weighted by molar-refractivity contribution is 6.59. The van der Waals surface area contributed by atoms with E-state index in [1.54, 1.807) is 24.3 Å². The highest BCUT2D eigenvalue weighted by atomic mass is 16.5. The second kappa shape index (κ2) is 6.11. The lowest BCUT2D eigenvalue weighted by atomic mass is 9.77. The molecular formula is C14H12BNO4. The summed E-state index contributed by atoms with van der Waals surface area (Å²) in [6, 6.07) is 12.8. The lowest BCUT2D eigenvalue weighted by Gasteiger charge is -2.11. The highest BCUT2D eigenvalue weighted by Gasteiger charge is 2.16. The smallest absolute Gasteiger partial charge is 0.488 e. The highest BCUT2D eigenvalue weighted by Crippen LogP contribution is 2.15. The first-order valence-electron chi connectivity index (χ1n) is 5.91. The van der Waals surface area contributed by atoms with E-state index in [1.807, 2.05) is 6.07 Å². The number of phenolic OH excluding ortho intramolecular Hbond substituents is 1. The largest absolute Gasteiger partial charge is 0.508 e. The van der Waals surface area contributed by atoms with Crippen LogP contribution in [0.3, 0.4) is 0 Å². The fraction of sp³-hybridized carbons (Fsp3) is 0.0714. The van der Waals surface area contributed by atoms with Crippen molar-refractivity contribution in [2.75, 3.05) is 0 Å². The number of rotatable bonds is 4. The van der Waals surface area contributed by atoms with Crippen LogP contribution in [-0.2, 0) is 6.61 Å². The summed E-state index contributed by atoms with van der Waals surface area (Å²) in [4.78, 5) is 0. The molecule has 0 aromatic heterocycles. The molecule has 0 spiro atoms. The molecule has 0 aliphatic rings. The lowest BCUT2D eigenvalue weighted by molar-refractivity contribution is 0.305. The fourth-order valence-electron chi connectivity index (χ4n) is 1.76. The van der Waals surface area contributed by atoms with Crippen molar-refractivity contribution in [3.05, 3.63) is 53.6 Å². The predicted octanol–water partition coefficient (Wildman–Crippen LogP) is 0.523. The van der Waals surface area contributed by atoms with Crippen molar-refractivity contribution in [1.29, 1.82) is 5.26 Å². The maximum Gasteiger partial charge on any atom is 0.488 e. The number of nitrogens with zero attached hydrogens (tertiary/aromatic N) is 1. The normalized spacial score (nSPS) is 9.85. The van der Waals surface area contributed by atoms with Gasteiger partial charge in [0.15, 0.2) is 0 Å². The minimum Gasteiger partial charge on any atom is -0.508 e. The Bertz CT molecular complexity index is 635. The summed E-state index contributed by atoms with van der Waals surface area (Å²) in [5.41, 5.74) is 1.28. The molecule has 0 saturated heterocycles. The zero-order valence-corrected chi connectivity index (χ0v) is 10.5. The van der Waals surface area contributed by atoms with Crippen LogP contribution in [0.15, 0.2) is 42.5 Å². The van der Waals surface area contributed by atoms with Gasteiger partial charge in [-0.05, 0) is 47.4 Å². The second-order valence-corrected chi connectivity index (χ2v) is 4.18. The quantitative estimate of drug-likeness (QED) is 0.703. The molecule has 0 aliphatic carbocycles. The summed E-state index contributed by atoms with van der Waals surface area (Å²) in [7, 11) is -1.63. The molecule has 100 valence electrons. The number of hydrogen-bond donors (Lipinski definition) is 3. The number of nitriles is 1. The van der Waals surface area contributed by atoms with Crippen molar-refractivity contribution in [3.63, 3.8) is 0 Å². The van der Waals surface area contributed by atoms with E-state index in [9.17, 15) is 15.2 Å². The Hall–Kier alpha value is -2.49. The maximum absolute atomic E-state index is 9.43. The van der Waals surface area contributed by atoms with Crippen molar-refractivity contribution < 1.29 is 19.9 Å². The topological polar surface area (TPSA) is 93.7 Å². The summed E-state index contributed by atoms with van der Waals surface area (Å²) in [6.07, 6.45) is 0. The summed E-state index contributed by atoms with van der Waals surface area (Å²) in [5.74, 6) is 0.568. The van der Waals surface area contributed by atoms with Gasteiger partial charge in [-0.15, -0.1) is 0 Å². The third-order valence-corrected chi connectivity index (χ3v) is 2.78. The van der Waals surface area contributed by atoms with Crippen molar-refractivity contribution in [3.8, 4) is 17.6 Å². The van der Waals surface area contributed by atoms with E-state index < -0.39 is 7.12 Å². The van der Waals surface area contributed by atoms with E-state index >= 15 is 0 Å². The minimum atomic E-state index is -1.63. The molecule has 0 bridgehead atoms. The molecule has 0 unspecified atom stereocenters. The van der Waals surface area contributed by atoms with Gasteiger partial charge in [0.1, 0.15) is 18.1 Å². The summed E-state index contributed by atoms with van der Waals surface area (Å²) in [5, 5.41) is 36.6. The Kier molecular flexibility index (Phi) is 4.25. The summed E-state index contributed by atoms with van der Waals surface area (Å²) < 4.78 is 5.49. The van der Waals surface area contributed by atoms with Crippen LogP contribution < -0.4 is 10.2 Å². The molecule has 2 aromatic carbocycles. The molecule has 3 N–H and O–H groups in total. The Balaban J connectivity index is 2.13. The molecule has 5 nitrogen and oxygen atoms in total. The zero-order valence-electron chi connectivity index (χ0n) is 10.5. The monoisotopic (exact) mass is 269 g/mol. The van der Waals surface area contributed by atoms with Gasteiger partial charge >= 0.3 is 7.12 Å². The van der Waals surface area contributed by atoms with E-state index in [2.05, 4.69) is 0 Å². The number of hydrogen-bond acceptors (Lipinski definition) is 5. The molecular weight excluding hydrogens is 257 g/mol. The van der Waals surface area contributed by atoms with Crippen molar-refractivity contribution >= 4 is 12.6 Å². The van der Waals surface area contributed by atoms with Crippen LogP contribution in [0.25, 0.3) is 0 Å². The molecule has 0 fully saturated rings. The van der Waals surface area contributed by atoms with Crippen LogP contribution in [0, 0.1) is 11.3 Å². The van der Waals surface area contributed by atoms with Gasteiger partial charge in [0.05, 0.1) is 11.6 Å². The van der Waals surface area contributed by atoms with E-state index in [1.165, 1.54) is 18.2 Å². The van der Waals surface area contributed by atoms with Gasteiger partial charge in [0, 0.05) is 0 Å². The average Bonchev–Trinajstić information content (AvgIpc) is 2.45. The van der Waals surface area contributed by atoms with Gasteiger partial charge in [0.2, 0.25) is 0 Å². The molecule has 0 aliphatic heterocycles. The number of aromatic hydroxyl groups is 1. The van der Waals surface area contributed by atoms with E-state index in [-0.39, 0.29) is 17.8 Å². The summed E-state index contributed by atoms with van der Waals surface area (Å²) in [6.45, 7) is 0.0766. The molecule has 6 heteroatoms. The first-order valence-corrected chi connectivity index (χ1v) is 5.91. The molecule has 0 saturated carbocycles.